The van der Waals surface area contributed by atoms with Crippen LogP contribution in [0, 0.1) is 0 Å². The Labute approximate surface area is 112 Å². The predicted molar refractivity (Wildman–Crippen MR) is 76.4 cm³/mol. The Morgan fingerprint density at radius 1 is 1.22 bits per heavy atom. The molecule has 18 heavy (non-hydrogen) atoms. The molecule has 0 saturated heterocycles. The van der Waals surface area contributed by atoms with Gasteiger partial charge in [0.15, 0.2) is 0 Å². The maximum absolute atomic E-state index is 5.41. The molecule has 3 nitrogen and oxygen atoms in total. The molecule has 2 rings (SSSR count). The second-order valence-corrected chi connectivity index (χ2v) is 5.08. The van der Waals surface area contributed by atoms with E-state index in [1.54, 1.807) is 11.3 Å². The summed E-state index contributed by atoms with van der Waals surface area (Å²) in [6.45, 7) is 5.64. The highest BCUT2D eigenvalue weighted by molar-refractivity contribution is 7.11. The molecule has 1 heterocycles. The third-order valence-electron chi connectivity index (χ3n) is 2.54. The Morgan fingerprint density at radius 3 is 2.61 bits per heavy atom. The van der Waals surface area contributed by atoms with E-state index >= 15 is 0 Å². The molecule has 0 fully saturated rings. The van der Waals surface area contributed by atoms with Gasteiger partial charge in [-0.25, -0.2) is 4.98 Å². The van der Waals surface area contributed by atoms with Gasteiger partial charge in [-0.05, 0) is 37.6 Å². The van der Waals surface area contributed by atoms with Crippen molar-refractivity contribution in [3.05, 3.63) is 40.3 Å². The highest BCUT2D eigenvalue weighted by Crippen LogP contribution is 2.18. The van der Waals surface area contributed by atoms with Gasteiger partial charge >= 0.3 is 0 Å². The van der Waals surface area contributed by atoms with E-state index in [0.717, 1.165) is 24.4 Å². The van der Waals surface area contributed by atoms with E-state index in [1.165, 1.54) is 9.88 Å². The first-order chi connectivity index (χ1) is 8.81. The van der Waals surface area contributed by atoms with E-state index in [-0.39, 0.29) is 0 Å². The van der Waals surface area contributed by atoms with Gasteiger partial charge in [0.1, 0.15) is 5.75 Å². The third-order valence-corrected chi connectivity index (χ3v) is 3.68. The molecule has 1 aromatic carbocycles. The topological polar surface area (TPSA) is 34.1 Å². The van der Waals surface area contributed by atoms with Crippen molar-refractivity contribution in [2.24, 2.45) is 0 Å². The zero-order valence-corrected chi connectivity index (χ0v) is 11.6. The quantitative estimate of drug-likeness (QED) is 0.861. The van der Waals surface area contributed by atoms with Gasteiger partial charge in [-0.1, -0.05) is 6.92 Å². The number of nitrogens with one attached hydrogen (secondary N) is 1. The lowest BCUT2D eigenvalue weighted by Crippen LogP contribution is -1.97. The fourth-order valence-corrected chi connectivity index (χ4v) is 2.42. The number of anilines is 1. The van der Waals surface area contributed by atoms with Crippen LogP contribution in [-0.2, 0) is 13.0 Å². The van der Waals surface area contributed by atoms with Crippen molar-refractivity contribution in [1.82, 2.24) is 4.98 Å². The van der Waals surface area contributed by atoms with Crippen molar-refractivity contribution < 1.29 is 4.74 Å². The summed E-state index contributed by atoms with van der Waals surface area (Å²) in [6.07, 6.45) is 2.96. The molecule has 0 atom stereocenters. The Bertz CT molecular complexity index is 479. The number of thiazole rings is 1. The number of benzene rings is 1. The summed E-state index contributed by atoms with van der Waals surface area (Å²) >= 11 is 1.77. The lowest BCUT2D eigenvalue weighted by Gasteiger charge is -2.06. The van der Waals surface area contributed by atoms with Crippen LogP contribution in [0.1, 0.15) is 23.7 Å². The number of hydrogen-bond acceptors (Lipinski definition) is 4. The second kappa shape index (κ2) is 6.40. The number of rotatable bonds is 6. The van der Waals surface area contributed by atoms with Gasteiger partial charge in [0.2, 0.25) is 0 Å². The van der Waals surface area contributed by atoms with Crippen molar-refractivity contribution in [3.63, 3.8) is 0 Å². The van der Waals surface area contributed by atoms with Crippen LogP contribution >= 0.6 is 11.3 Å². The van der Waals surface area contributed by atoms with Crippen LogP contribution < -0.4 is 10.1 Å². The summed E-state index contributed by atoms with van der Waals surface area (Å²) in [7, 11) is 0. The van der Waals surface area contributed by atoms with Gasteiger partial charge in [-0.15, -0.1) is 11.3 Å². The lowest BCUT2D eigenvalue weighted by molar-refractivity contribution is 0.340. The Kier molecular flexibility index (Phi) is 4.59. The molecule has 0 aliphatic heterocycles. The molecular formula is C14H18N2OS. The van der Waals surface area contributed by atoms with Gasteiger partial charge in [0, 0.05) is 16.8 Å². The summed E-state index contributed by atoms with van der Waals surface area (Å²) in [5, 5.41) is 4.58. The van der Waals surface area contributed by atoms with Crippen LogP contribution in [0.4, 0.5) is 5.69 Å². The summed E-state index contributed by atoms with van der Waals surface area (Å²) in [6, 6.07) is 8.03. The smallest absolute Gasteiger partial charge is 0.119 e. The standard InChI is InChI=1S/C14H18N2OS/c1-3-14-16-10-13(18-14)9-15-11-5-7-12(8-6-11)17-4-2/h5-8,10,15H,3-4,9H2,1-2H3. The summed E-state index contributed by atoms with van der Waals surface area (Å²) in [5.74, 6) is 0.911. The number of aryl methyl sites for hydroxylation is 1. The summed E-state index contributed by atoms with van der Waals surface area (Å²) < 4.78 is 5.41. The highest BCUT2D eigenvalue weighted by atomic mass is 32.1. The Morgan fingerprint density at radius 2 is 2.00 bits per heavy atom. The second-order valence-electron chi connectivity index (χ2n) is 3.88. The molecule has 1 N–H and O–H groups in total. The van der Waals surface area contributed by atoms with Gasteiger partial charge in [0.05, 0.1) is 18.2 Å². The minimum Gasteiger partial charge on any atom is -0.494 e. The molecule has 0 unspecified atom stereocenters. The van der Waals surface area contributed by atoms with Crippen molar-refractivity contribution in [1.29, 1.82) is 0 Å². The molecule has 96 valence electrons. The predicted octanol–water partition coefficient (Wildman–Crippen LogP) is 3.72. The molecule has 0 amide bonds. The minimum absolute atomic E-state index is 0.702. The van der Waals surface area contributed by atoms with Crippen molar-refractivity contribution in [2.45, 2.75) is 26.8 Å². The molecule has 1 aromatic heterocycles. The van der Waals surface area contributed by atoms with Gasteiger partial charge in [0.25, 0.3) is 0 Å². The molecule has 0 radical (unpaired) electrons. The average molecular weight is 262 g/mol. The van der Waals surface area contributed by atoms with E-state index < -0.39 is 0 Å². The molecule has 0 bridgehead atoms. The number of ether oxygens (including phenoxy) is 1. The van der Waals surface area contributed by atoms with Crippen molar-refractivity contribution in [3.8, 4) is 5.75 Å². The highest BCUT2D eigenvalue weighted by Gasteiger charge is 2.00. The van der Waals surface area contributed by atoms with Gasteiger partial charge in [-0.3, -0.25) is 0 Å². The van der Waals surface area contributed by atoms with E-state index in [9.17, 15) is 0 Å². The van der Waals surface area contributed by atoms with E-state index in [4.69, 9.17) is 4.74 Å². The zero-order valence-electron chi connectivity index (χ0n) is 10.8. The van der Waals surface area contributed by atoms with Crippen molar-refractivity contribution >= 4 is 17.0 Å². The first kappa shape index (κ1) is 12.9. The number of hydrogen-bond donors (Lipinski definition) is 1. The fourth-order valence-electron chi connectivity index (χ4n) is 1.62. The monoisotopic (exact) mass is 262 g/mol. The fraction of sp³-hybridized carbons (Fsp3) is 0.357. The Balaban J connectivity index is 1.89. The number of nitrogens with zero attached hydrogens (tertiary/aromatic N) is 1. The van der Waals surface area contributed by atoms with Gasteiger partial charge in [-0.2, -0.15) is 0 Å². The molecule has 0 saturated carbocycles. The lowest BCUT2D eigenvalue weighted by atomic mass is 10.3. The van der Waals surface area contributed by atoms with E-state index in [1.807, 2.05) is 37.4 Å². The largest absolute Gasteiger partial charge is 0.494 e. The zero-order chi connectivity index (χ0) is 12.8. The maximum atomic E-state index is 5.41. The number of aromatic nitrogens is 1. The van der Waals surface area contributed by atoms with Crippen LogP contribution in [0.15, 0.2) is 30.5 Å². The normalized spacial score (nSPS) is 10.3. The van der Waals surface area contributed by atoms with E-state index in [0.29, 0.717) is 6.61 Å². The molecule has 0 aliphatic carbocycles. The van der Waals surface area contributed by atoms with Crippen LogP contribution in [0.2, 0.25) is 0 Å². The van der Waals surface area contributed by atoms with Crippen LogP contribution in [-0.4, -0.2) is 11.6 Å². The summed E-state index contributed by atoms with van der Waals surface area (Å²) in [5.41, 5.74) is 1.10. The Hall–Kier alpha value is -1.55. The third kappa shape index (κ3) is 3.47. The van der Waals surface area contributed by atoms with Crippen LogP contribution in [0.25, 0.3) is 0 Å². The van der Waals surface area contributed by atoms with Crippen LogP contribution in [0.3, 0.4) is 0 Å². The van der Waals surface area contributed by atoms with Crippen molar-refractivity contribution in [2.75, 3.05) is 11.9 Å². The van der Waals surface area contributed by atoms with Gasteiger partial charge < -0.3 is 10.1 Å². The molecule has 0 aliphatic rings. The minimum atomic E-state index is 0.702. The molecule has 0 spiro atoms. The first-order valence-corrected chi connectivity index (χ1v) is 7.03. The molecule has 2 aromatic rings. The molecular weight excluding hydrogens is 244 g/mol. The average Bonchev–Trinajstić information content (AvgIpc) is 2.86. The molecule has 4 heteroatoms. The first-order valence-electron chi connectivity index (χ1n) is 6.22. The summed E-state index contributed by atoms with van der Waals surface area (Å²) in [4.78, 5) is 5.61. The SMILES string of the molecule is CCOc1ccc(NCc2cnc(CC)s2)cc1. The van der Waals surface area contributed by atoms with E-state index in [2.05, 4.69) is 17.2 Å². The maximum Gasteiger partial charge on any atom is 0.119 e. The van der Waals surface area contributed by atoms with Crippen LogP contribution in [0.5, 0.6) is 5.75 Å².